The molecule has 1 N–H and O–H groups in total. The molecule has 0 aliphatic carbocycles. The van der Waals surface area contributed by atoms with Gasteiger partial charge in [0.25, 0.3) is 0 Å². The van der Waals surface area contributed by atoms with Crippen LogP contribution in [-0.2, 0) is 20.0 Å². The zero-order valence-electron chi connectivity index (χ0n) is 11.6. The molecular weight excluding hydrogens is 288 g/mol. The summed E-state index contributed by atoms with van der Waals surface area (Å²) in [4.78, 5) is 0. The molecule has 0 amide bonds. The van der Waals surface area contributed by atoms with Gasteiger partial charge in [-0.15, -0.1) is 0 Å². The van der Waals surface area contributed by atoms with Crippen LogP contribution < -0.4 is 4.72 Å². The van der Waals surface area contributed by atoms with E-state index in [4.69, 9.17) is 0 Å². The van der Waals surface area contributed by atoms with Crippen molar-refractivity contribution in [2.24, 2.45) is 5.92 Å². The second kappa shape index (κ2) is 7.01. The van der Waals surface area contributed by atoms with Crippen LogP contribution in [0.1, 0.15) is 32.6 Å². The molecule has 0 bridgehead atoms. The van der Waals surface area contributed by atoms with Gasteiger partial charge in [-0.05, 0) is 25.2 Å². The van der Waals surface area contributed by atoms with E-state index in [1.54, 1.807) is 0 Å². The average Bonchev–Trinajstić information content (AvgIpc) is 2.33. The molecule has 114 valence electrons. The molecule has 1 atom stereocenters. The Morgan fingerprint density at radius 3 is 2.53 bits per heavy atom. The number of unbranched alkanes of at least 4 members (excludes halogenated alkanes) is 1. The maximum absolute atomic E-state index is 12.1. The van der Waals surface area contributed by atoms with Crippen molar-refractivity contribution in [2.75, 3.05) is 31.6 Å². The summed E-state index contributed by atoms with van der Waals surface area (Å²) in [6.45, 7) is 3.26. The third-order valence-corrected chi connectivity index (χ3v) is 5.88. The number of rotatable bonds is 7. The molecule has 6 nitrogen and oxygen atoms in total. The molecule has 19 heavy (non-hydrogen) atoms. The van der Waals surface area contributed by atoms with E-state index in [1.807, 2.05) is 6.92 Å². The van der Waals surface area contributed by atoms with Gasteiger partial charge in [0.15, 0.2) is 0 Å². The van der Waals surface area contributed by atoms with E-state index in [9.17, 15) is 16.8 Å². The molecule has 0 saturated carbocycles. The number of hydrogen-bond acceptors (Lipinski definition) is 4. The lowest BCUT2D eigenvalue weighted by molar-refractivity contribution is 0.267. The molecule has 1 fully saturated rings. The summed E-state index contributed by atoms with van der Waals surface area (Å²) in [5, 5.41) is 0. The highest BCUT2D eigenvalue weighted by Gasteiger charge is 2.28. The Labute approximate surface area is 116 Å². The maximum Gasteiger partial charge on any atom is 0.214 e. The quantitative estimate of drug-likeness (QED) is 0.736. The molecule has 0 radical (unpaired) electrons. The number of nitrogens with one attached hydrogen (secondary N) is 1. The van der Waals surface area contributed by atoms with Crippen LogP contribution in [0.5, 0.6) is 0 Å². The van der Waals surface area contributed by atoms with E-state index in [0.29, 0.717) is 26.1 Å². The minimum Gasteiger partial charge on any atom is -0.215 e. The van der Waals surface area contributed by atoms with Crippen molar-refractivity contribution in [3.05, 3.63) is 0 Å². The van der Waals surface area contributed by atoms with E-state index in [0.717, 1.165) is 25.5 Å². The molecule has 0 aromatic rings. The topological polar surface area (TPSA) is 83.6 Å². The van der Waals surface area contributed by atoms with E-state index < -0.39 is 20.0 Å². The Morgan fingerprint density at radius 2 is 1.95 bits per heavy atom. The summed E-state index contributed by atoms with van der Waals surface area (Å²) >= 11 is 0. The SMILES string of the molecule is CCCCS(=O)(=O)N1CCCC(CNS(C)(=O)=O)C1. The lowest BCUT2D eigenvalue weighted by Gasteiger charge is -2.31. The highest BCUT2D eigenvalue weighted by Crippen LogP contribution is 2.19. The van der Waals surface area contributed by atoms with Crippen LogP contribution in [0, 0.1) is 5.92 Å². The molecule has 1 unspecified atom stereocenters. The van der Waals surface area contributed by atoms with Crippen LogP contribution >= 0.6 is 0 Å². The number of hydrogen-bond donors (Lipinski definition) is 1. The van der Waals surface area contributed by atoms with Gasteiger partial charge in [0.05, 0.1) is 12.0 Å². The lowest BCUT2D eigenvalue weighted by atomic mass is 10.0. The van der Waals surface area contributed by atoms with Crippen molar-refractivity contribution < 1.29 is 16.8 Å². The first-order chi connectivity index (χ1) is 8.74. The zero-order valence-corrected chi connectivity index (χ0v) is 13.3. The average molecular weight is 312 g/mol. The van der Waals surface area contributed by atoms with Crippen LogP contribution in [0.25, 0.3) is 0 Å². The van der Waals surface area contributed by atoms with Crippen molar-refractivity contribution in [1.29, 1.82) is 0 Å². The van der Waals surface area contributed by atoms with Gasteiger partial charge in [-0.1, -0.05) is 13.3 Å². The lowest BCUT2D eigenvalue weighted by Crippen LogP contribution is -2.44. The minimum atomic E-state index is -3.21. The summed E-state index contributed by atoms with van der Waals surface area (Å²) in [7, 11) is -6.38. The van der Waals surface area contributed by atoms with Crippen LogP contribution in [0.3, 0.4) is 0 Å². The summed E-state index contributed by atoms with van der Waals surface area (Å²) in [5.74, 6) is 0.260. The minimum absolute atomic E-state index is 0.0693. The Kier molecular flexibility index (Phi) is 6.22. The van der Waals surface area contributed by atoms with Gasteiger partial charge in [0.2, 0.25) is 20.0 Å². The Balaban J connectivity index is 2.54. The normalized spacial score (nSPS) is 22.5. The zero-order chi connectivity index (χ0) is 14.5. The Morgan fingerprint density at radius 1 is 1.26 bits per heavy atom. The van der Waals surface area contributed by atoms with Crippen molar-refractivity contribution >= 4 is 20.0 Å². The van der Waals surface area contributed by atoms with E-state index >= 15 is 0 Å². The molecule has 1 heterocycles. The third kappa shape index (κ3) is 6.20. The van der Waals surface area contributed by atoms with Gasteiger partial charge in [0.1, 0.15) is 0 Å². The first-order valence-electron chi connectivity index (χ1n) is 6.67. The van der Waals surface area contributed by atoms with Crippen LogP contribution in [-0.4, -0.2) is 52.8 Å². The van der Waals surface area contributed by atoms with Gasteiger partial charge in [-0.3, -0.25) is 0 Å². The maximum atomic E-state index is 12.1. The smallest absolute Gasteiger partial charge is 0.214 e. The highest BCUT2D eigenvalue weighted by molar-refractivity contribution is 7.89. The first-order valence-corrected chi connectivity index (χ1v) is 10.2. The molecule has 1 aliphatic rings. The van der Waals surface area contributed by atoms with Gasteiger partial charge in [-0.25, -0.2) is 25.9 Å². The standard InChI is InChI=1S/C11H24N2O4S2/c1-3-4-8-19(16,17)13-7-5-6-11(10-13)9-12-18(2,14)15/h11-12H,3-10H2,1-2H3. The molecule has 1 rings (SSSR count). The summed E-state index contributed by atoms with van der Waals surface area (Å²) in [6.07, 6.45) is 4.30. The fraction of sp³-hybridized carbons (Fsp3) is 1.00. The fourth-order valence-corrected chi connectivity index (χ4v) is 4.47. The molecule has 0 spiro atoms. The monoisotopic (exact) mass is 312 g/mol. The second-order valence-electron chi connectivity index (χ2n) is 5.16. The first kappa shape index (κ1) is 16.9. The predicted molar refractivity (Wildman–Crippen MR) is 75.8 cm³/mol. The third-order valence-electron chi connectivity index (χ3n) is 3.27. The van der Waals surface area contributed by atoms with Gasteiger partial charge in [-0.2, -0.15) is 0 Å². The number of piperidine rings is 1. The second-order valence-corrected chi connectivity index (χ2v) is 9.08. The molecule has 0 aromatic carbocycles. The summed E-state index contributed by atoms with van der Waals surface area (Å²) < 4.78 is 50.2. The van der Waals surface area contributed by atoms with Crippen molar-refractivity contribution in [3.8, 4) is 0 Å². The van der Waals surface area contributed by atoms with Crippen LogP contribution in [0.15, 0.2) is 0 Å². The van der Waals surface area contributed by atoms with Gasteiger partial charge in [0, 0.05) is 19.6 Å². The number of nitrogens with zero attached hydrogens (tertiary/aromatic N) is 1. The van der Waals surface area contributed by atoms with E-state index in [2.05, 4.69) is 4.72 Å². The van der Waals surface area contributed by atoms with Crippen molar-refractivity contribution in [2.45, 2.75) is 32.6 Å². The Hall–Kier alpha value is -0.180. The van der Waals surface area contributed by atoms with Crippen LogP contribution in [0.4, 0.5) is 0 Å². The molecule has 1 aliphatic heterocycles. The largest absolute Gasteiger partial charge is 0.215 e. The molecule has 1 saturated heterocycles. The fourth-order valence-electron chi connectivity index (χ4n) is 2.17. The molecule has 8 heteroatoms. The molecular formula is C11H24N2O4S2. The van der Waals surface area contributed by atoms with Crippen molar-refractivity contribution in [3.63, 3.8) is 0 Å². The summed E-state index contributed by atoms with van der Waals surface area (Å²) in [6, 6.07) is 0. The molecule has 0 aromatic heterocycles. The van der Waals surface area contributed by atoms with Gasteiger partial charge >= 0.3 is 0 Å². The summed E-state index contributed by atoms with van der Waals surface area (Å²) in [5.41, 5.74) is 0. The van der Waals surface area contributed by atoms with E-state index in [1.165, 1.54) is 4.31 Å². The highest BCUT2D eigenvalue weighted by atomic mass is 32.2. The van der Waals surface area contributed by atoms with E-state index in [-0.39, 0.29) is 11.7 Å². The van der Waals surface area contributed by atoms with Crippen molar-refractivity contribution in [1.82, 2.24) is 9.03 Å². The predicted octanol–water partition coefficient (Wildman–Crippen LogP) is 0.378. The van der Waals surface area contributed by atoms with Crippen LogP contribution in [0.2, 0.25) is 0 Å². The number of sulfonamides is 2. The Bertz CT molecular complexity index is 473. The van der Waals surface area contributed by atoms with Gasteiger partial charge < -0.3 is 0 Å².